The van der Waals surface area contributed by atoms with E-state index in [0.29, 0.717) is 24.8 Å². The van der Waals surface area contributed by atoms with Crippen molar-refractivity contribution < 1.29 is 24.5 Å². The summed E-state index contributed by atoms with van der Waals surface area (Å²) in [6.45, 7) is 0. The molecule has 1 aliphatic carbocycles. The average molecular weight is 485 g/mol. The fourth-order valence-electron chi connectivity index (χ4n) is 5.38. The van der Waals surface area contributed by atoms with Crippen LogP contribution in [0.3, 0.4) is 0 Å². The zero-order chi connectivity index (χ0) is 24.9. The van der Waals surface area contributed by atoms with Gasteiger partial charge in [-0.3, -0.25) is 0 Å². The van der Waals surface area contributed by atoms with Crippen LogP contribution in [0.15, 0.2) is 97.1 Å². The molecule has 36 heavy (non-hydrogen) atoms. The first kappa shape index (κ1) is 24.4. The Labute approximate surface area is 212 Å². The van der Waals surface area contributed by atoms with E-state index in [1.54, 1.807) is 18.2 Å². The topological polar surface area (TPSA) is 76.0 Å². The lowest BCUT2D eigenvalue weighted by Gasteiger charge is -2.21. The minimum absolute atomic E-state index is 0.0517. The van der Waals surface area contributed by atoms with Crippen LogP contribution in [0.1, 0.15) is 35.2 Å². The van der Waals surface area contributed by atoms with Crippen molar-refractivity contribution in [2.75, 3.05) is 0 Å². The lowest BCUT2D eigenvalue weighted by Crippen LogP contribution is -2.25. The second-order valence-electron chi connectivity index (χ2n) is 9.71. The number of aryl methyl sites for hydroxylation is 1. The van der Waals surface area contributed by atoms with E-state index in [1.165, 1.54) is 5.56 Å². The van der Waals surface area contributed by atoms with Gasteiger partial charge in [0, 0.05) is 18.8 Å². The average Bonchev–Trinajstić information content (AvgIpc) is 3.42. The molecular weight excluding hydrogens is 452 g/mol. The van der Waals surface area contributed by atoms with Crippen molar-refractivity contribution in [1.29, 1.82) is 0 Å². The molecule has 2 aliphatic rings. The highest BCUT2D eigenvalue weighted by Crippen LogP contribution is 2.45. The molecule has 3 aromatic rings. The van der Waals surface area contributed by atoms with Crippen molar-refractivity contribution in [3.63, 3.8) is 0 Å². The third kappa shape index (κ3) is 5.76. The van der Waals surface area contributed by atoms with Gasteiger partial charge in [-0.1, -0.05) is 84.9 Å². The summed E-state index contributed by atoms with van der Waals surface area (Å²) in [4.78, 5) is 13.0. The van der Waals surface area contributed by atoms with Gasteiger partial charge in [0.15, 0.2) is 6.29 Å². The van der Waals surface area contributed by atoms with Crippen LogP contribution in [0.25, 0.3) is 11.1 Å². The largest absolute Gasteiger partial charge is 0.458 e. The molecule has 3 aromatic carbocycles. The number of aliphatic hydroxyl groups excluding tert-OH is 2. The van der Waals surface area contributed by atoms with Crippen LogP contribution in [0.5, 0.6) is 0 Å². The summed E-state index contributed by atoms with van der Waals surface area (Å²) in [5.74, 6) is -0.440. The lowest BCUT2D eigenvalue weighted by molar-refractivity contribution is -0.0955. The van der Waals surface area contributed by atoms with E-state index in [-0.39, 0.29) is 30.0 Å². The van der Waals surface area contributed by atoms with Crippen LogP contribution >= 0.6 is 0 Å². The summed E-state index contributed by atoms with van der Waals surface area (Å²) < 4.78 is 11.6. The number of ether oxygens (including phenoxy) is 2. The van der Waals surface area contributed by atoms with Gasteiger partial charge in [-0.15, -0.1) is 0 Å². The number of benzene rings is 3. The number of rotatable bonds is 8. The van der Waals surface area contributed by atoms with Crippen molar-refractivity contribution in [2.24, 2.45) is 11.8 Å². The Balaban J connectivity index is 1.24. The summed E-state index contributed by atoms with van der Waals surface area (Å²) in [6, 6.07) is 27.5. The molecule has 5 nitrogen and oxygen atoms in total. The van der Waals surface area contributed by atoms with Gasteiger partial charge in [-0.2, -0.15) is 0 Å². The second-order valence-corrected chi connectivity index (χ2v) is 9.71. The Hall–Kier alpha value is -3.25. The number of fused-ring (bicyclic) bond motifs is 1. The second kappa shape index (κ2) is 11.2. The van der Waals surface area contributed by atoms with Crippen LogP contribution in [0, 0.1) is 11.8 Å². The zero-order valence-electron chi connectivity index (χ0n) is 20.1. The molecule has 2 fully saturated rings. The lowest BCUT2D eigenvalue weighted by atomic mass is 9.91. The fourth-order valence-corrected chi connectivity index (χ4v) is 5.38. The molecule has 1 unspecified atom stereocenters. The Morgan fingerprint density at radius 1 is 0.944 bits per heavy atom. The minimum atomic E-state index is -0.791. The molecule has 5 rings (SSSR count). The van der Waals surface area contributed by atoms with Gasteiger partial charge in [0.2, 0.25) is 0 Å². The SMILES string of the molecule is O=C(O[C@@H]1C[C@@H]2OC(O)C[C@@H]2[C@H]1C=C[C@@H](O)CCc1ccccc1)c1ccc(-c2ccccc2)cc1. The van der Waals surface area contributed by atoms with E-state index in [2.05, 4.69) is 12.1 Å². The molecular formula is C31H32O5. The third-order valence-corrected chi connectivity index (χ3v) is 7.28. The smallest absolute Gasteiger partial charge is 0.338 e. The van der Waals surface area contributed by atoms with Crippen LogP contribution in [0.2, 0.25) is 0 Å². The number of aliphatic hydroxyl groups is 2. The summed E-state index contributed by atoms with van der Waals surface area (Å²) in [5.41, 5.74) is 3.81. The predicted molar refractivity (Wildman–Crippen MR) is 138 cm³/mol. The Bertz CT molecular complexity index is 1160. The number of carbonyl (C=O) groups excluding carboxylic acids is 1. The maximum atomic E-state index is 13.0. The highest BCUT2D eigenvalue weighted by Gasteiger charge is 2.50. The van der Waals surface area contributed by atoms with Gasteiger partial charge in [-0.25, -0.2) is 4.79 Å². The molecule has 0 aromatic heterocycles. The molecule has 5 heteroatoms. The third-order valence-electron chi connectivity index (χ3n) is 7.28. The summed E-state index contributed by atoms with van der Waals surface area (Å²) in [7, 11) is 0. The number of hydrogen-bond acceptors (Lipinski definition) is 5. The fraction of sp³-hybridized carbons (Fsp3) is 0.323. The van der Waals surface area contributed by atoms with E-state index in [1.807, 2.05) is 66.7 Å². The van der Waals surface area contributed by atoms with E-state index in [9.17, 15) is 15.0 Å². The van der Waals surface area contributed by atoms with Crippen molar-refractivity contribution in [1.82, 2.24) is 0 Å². The molecule has 6 atom stereocenters. The first-order chi connectivity index (χ1) is 17.6. The highest BCUT2D eigenvalue weighted by molar-refractivity contribution is 5.90. The zero-order valence-corrected chi connectivity index (χ0v) is 20.1. The summed E-state index contributed by atoms with van der Waals surface area (Å²) in [6.07, 6.45) is 4.26. The summed E-state index contributed by atoms with van der Waals surface area (Å²) >= 11 is 0. The van der Waals surface area contributed by atoms with E-state index in [4.69, 9.17) is 9.47 Å². The molecule has 1 heterocycles. The maximum absolute atomic E-state index is 13.0. The monoisotopic (exact) mass is 484 g/mol. The van der Waals surface area contributed by atoms with Gasteiger partial charge >= 0.3 is 5.97 Å². The molecule has 1 aliphatic heterocycles. The molecule has 186 valence electrons. The Kier molecular flexibility index (Phi) is 7.61. The van der Waals surface area contributed by atoms with Gasteiger partial charge in [0.25, 0.3) is 0 Å². The molecule has 2 N–H and O–H groups in total. The molecule has 0 spiro atoms. The van der Waals surface area contributed by atoms with Gasteiger partial charge in [-0.05, 0) is 47.6 Å². The first-order valence-corrected chi connectivity index (χ1v) is 12.7. The first-order valence-electron chi connectivity index (χ1n) is 12.7. The van der Waals surface area contributed by atoms with Crippen LogP contribution in [-0.4, -0.2) is 40.8 Å². The Morgan fingerprint density at radius 3 is 2.33 bits per heavy atom. The number of carbonyl (C=O) groups is 1. The molecule has 1 saturated heterocycles. The van der Waals surface area contributed by atoms with Crippen molar-refractivity contribution >= 4 is 5.97 Å². The van der Waals surface area contributed by atoms with E-state index >= 15 is 0 Å². The molecule has 1 saturated carbocycles. The van der Waals surface area contributed by atoms with Crippen LogP contribution in [-0.2, 0) is 15.9 Å². The van der Waals surface area contributed by atoms with Crippen LogP contribution in [0.4, 0.5) is 0 Å². The summed E-state index contributed by atoms with van der Waals surface area (Å²) in [5, 5.41) is 20.6. The molecule has 0 radical (unpaired) electrons. The highest BCUT2D eigenvalue weighted by atomic mass is 16.6. The molecule has 0 amide bonds. The van der Waals surface area contributed by atoms with Crippen molar-refractivity contribution in [3.05, 3.63) is 108 Å². The van der Waals surface area contributed by atoms with Crippen molar-refractivity contribution in [2.45, 2.75) is 50.3 Å². The number of esters is 1. The standard InChI is InChI=1S/C31H32O5/c32-25(16-11-21-7-3-1-4-8-21)17-18-26-27-19-30(33)35-29(27)20-28(26)36-31(34)24-14-12-23(13-15-24)22-9-5-2-6-10-22/h1-10,12-15,17-18,25-30,32-33H,11,16,19-20H2/t25-,26+,27+,28+,29-,30?/m0/s1. The van der Waals surface area contributed by atoms with Gasteiger partial charge < -0.3 is 19.7 Å². The minimum Gasteiger partial charge on any atom is -0.458 e. The van der Waals surface area contributed by atoms with E-state index < -0.39 is 12.4 Å². The quantitative estimate of drug-likeness (QED) is 0.341. The van der Waals surface area contributed by atoms with E-state index in [0.717, 1.165) is 17.5 Å². The van der Waals surface area contributed by atoms with Crippen LogP contribution < -0.4 is 0 Å². The van der Waals surface area contributed by atoms with Gasteiger partial charge in [0.05, 0.1) is 17.8 Å². The predicted octanol–water partition coefficient (Wildman–Crippen LogP) is 5.17. The normalized spacial score (nSPS) is 26.1. The van der Waals surface area contributed by atoms with Gasteiger partial charge in [0.1, 0.15) is 6.10 Å². The Morgan fingerprint density at radius 2 is 1.61 bits per heavy atom. The maximum Gasteiger partial charge on any atom is 0.338 e. The molecule has 0 bridgehead atoms. The van der Waals surface area contributed by atoms with Crippen molar-refractivity contribution in [3.8, 4) is 11.1 Å². The number of hydrogen-bond donors (Lipinski definition) is 2.